The number of phosphoric ester groups is 1. The summed E-state index contributed by atoms with van der Waals surface area (Å²) in [7, 11) is -1.18. The number of pyridine rings is 1. The highest BCUT2D eigenvalue weighted by atomic mass is 31.2. The molecule has 1 heterocycles. The Bertz CT molecular complexity index is 526. The first-order valence-electron chi connectivity index (χ1n) is 5.29. The molecule has 106 valence electrons. The van der Waals surface area contributed by atoms with Gasteiger partial charge in [0.25, 0.3) is 0 Å². The minimum atomic E-state index is -4.58. The van der Waals surface area contributed by atoms with Gasteiger partial charge >= 0.3 is 7.82 Å². The van der Waals surface area contributed by atoms with E-state index in [0.29, 0.717) is 16.8 Å². The van der Waals surface area contributed by atoms with Crippen LogP contribution in [0.2, 0.25) is 0 Å². The molecule has 0 aliphatic rings. The van der Waals surface area contributed by atoms with Crippen molar-refractivity contribution in [2.24, 2.45) is 5.10 Å². The van der Waals surface area contributed by atoms with Crippen molar-refractivity contribution >= 4 is 14.0 Å². The van der Waals surface area contributed by atoms with Crippen molar-refractivity contribution in [1.82, 2.24) is 9.99 Å². The number of hydrogen-bond acceptors (Lipinski definition) is 6. The van der Waals surface area contributed by atoms with Crippen LogP contribution >= 0.6 is 7.82 Å². The number of hydrogen-bond donors (Lipinski definition) is 3. The average molecular weight is 289 g/mol. The molecular weight excluding hydrogens is 273 g/mol. The second-order valence-electron chi connectivity index (χ2n) is 3.99. The van der Waals surface area contributed by atoms with Gasteiger partial charge in [-0.3, -0.25) is 9.51 Å². The quantitative estimate of drug-likeness (QED) is 0.413. The molecule has 0 atom stereocenters. The average Bonchev–Trinajstić information content (AvgIpc) is 2.28. The minimum Gasteiger partial charge on any atom is -0.505 e. The summed E-state index contributed by atoms with van der Waals surface area (Å²) in [5.41, 5.74) is 1.03. The predicted octanol–water partition coefficient (Wildman–Crippen LogP) is 0.600. The number of aryl methyl sites for hydroxylation is 1. The molecule has 0 saturated carbocycles. The van der Waals surface area contributed by atoms with E-state index in [4.69, 9.17) is 9.79 Å². The maximum Gasteiger partial charge on any atom is 0.469 e. The molecule has 1 aromatic rings. The molecule has 0 spiro atoms. The molecule has 3 N–H and O–H groups in total. The van der Waals surface area contributed by atoms with E-state index in [1.165, 1.54) is 17.4 Å². The summed E-state index contributed by atoms with van der Waals surface area (Å²) in [6.07, 6.45) is 2.75. The summed E-state index contributed by atoms with van der Waals surface area (Å²) >= 11 is 0. The third kappa shape index (κ3) is 4.96. The fourth-order valence-corrected chi connectivity index (χ4v) is 1.55. The summed E-state index contributed by atoms with van der Waals surface area (Å²) < 4.78 is 15.1. The maximum absolute atomic E-state index is 10.7. The SMILES string of the molecule is Cc1ncc(COP(=O)(O)O)c(/C=N/N(C)C)c1O. The lowest BCUT2D eigenvalue weighted by Crippen LogP contribution is -2.05. The monoisotopic (exact) mass is 289 g/mol. The van der Waals surface area contributed by atoms with Crippen LogP contribution in [0, 0.1) is 6.92 Å². The zero-order chi connectivity index (χ0) is 14.6. The largest absolute Gasteiger partial charge is 0.505 e. The van der Waals surface area contributed by atoms with Gasteiger partial charge in [-0.1, -0.05) is 0 Å². The van der Waals surface area contributed by atoms with Crippen LogP contribution in [0.4, 0.5) is 0 Å². The van der Waals surface area contributed by atoms with Crippen molar-refractivity contribution in [3.05, 3.63) is 23.0 Å². The minimum absolute atomic E-state index is 0.0996. The summed E-state index contributed by atoms with van der Waals surface area (Å²) in [5.74, 6) is -0.0996. The highest BCUT2D eigenvalue weighted by Crippen LogP contribution is 2.37. The van der Waals surface area contributed by atoms with Crippen molar-refractivity contribution in [3.63, 3.8) is 0 Å². The molecule has 0 unspecified atom stereocenters. The van der Waals surface area contributed by atoms with Gasteiger partial charge in [-0.2, -0.15) is 5.10 Å². The van der Waals surface area contributed by atoms with Crippen molar-refractivity contribution < 1.29 is 24.0 Å². The lowest BCUT2D eigenvalue weighted by molar-refractivity contribution is 0.188. The van der Waals surface area contributed by atoms with E-state index in [0.717, 1.165) is 0 Å². The van der Waals surface area contributed by atoms with E-state index in [-0.39, 0.29) is 12.4 Å². The normalized spacial score (nSPS) is 12.1. The van der Waals surface area contributed by atoms with Crippen LogP contribution in [0.1, 0.15) is 16.8 Å². The second-order valence-corrected chi connectivity index (χ2v) is 5.23. The van der Waals surface area contributed by atoms with Gasteiger partial charge in [-0.25, -0.2) is 4.57 Å². The molecule has 1 aromatic heterocycles. The van der Waals surface area contributed by atoms with E-state index in [1.54, 1.807) is 21.0 Å². The molecule has 1 rings (SSSR count). The number of aromatic hydroxyl groups is 1. The number of phosphoric acid groups is 1. The first-order chi connectivity index (χ1) is 8.70. The first kappa shape index (κ1) is 15.6. The van der Waals surface area contributed by atoms with E-state index in [1.807, 2.05) is 0 Å². The lowest BCUT2D eigenvalue weighted by Gasteiger charge is -2.11. The van der Waals surface area contributed by atoms with Gasteiger partial charge in [0.15, 0.2) is 0 Å². The third-order valence-electron chi connectivity index (χ3n) is 2.16. The van der Waals surface area contributed by atoms with Crippen LogP contribution in [0.5, 0.6) is 5.75 Å². The zero-order valence-corrected chi connectivity index (χ0v) is 11.7. The van der Waals surface area contributed by atoms with E-state index in [2.05, 4.69) is 14.6 Å². The van der Waals surface area contributed by atoms with Crippen molar-refractivity contribution in [2.75, 3.05) is 14.1 Å². The van der Waals surface area contributed by atoms with Crippen LogP contribution in [-0.2, 0) is 15.7 Å². The van der Waals surface area contributed by atoms with E-state index >= 15 is 0 Å². The van der Waals surface area contributed by atoms with Gasteiger partial charge in [0.2, 0.25) is 0 Å². The van der Waals surface area contributed by atoms with E-state index in [9.17, 15) is 9.67 Å². The standard InChI is InChI=1S/C10H16N3O5P/c1-7-10(14)9(5-12-13(2)3)8(4-11-7)6-18-19(15,16)17/h4-5,14H,6H2,1-3H3,(H2,15,16,17)/b12-5+. The molecule has 9 heteroatoms. The van der Waals surface area contributed by atoms with Gasteiger partial charge < -0.3 is 19.9 Å². The summed E-state index contributed by atoms with van der Waals surface area (Å²) in [4.78, 5) is 21.3. The highest BCUT2D eigenvalue weighted by molar-refractivity contribution is 7.46. The fourth-order valence-electron chi connectivity index (χ4n) is 1.24. The van der Waals surface area contributed by atoms with Crippen LogP contribution in [-0.4, -0.2) is 45.2 Å². The highest BCUT2D eigenvalue weighted by Gasteiger charge is 2.17. The number of hydrazone groups is 1. The molecule has 19 heavy (non-hydrogen) atoms. The molecule has 0 aromatic carbocycles. The molecule has 8 nitrogen and oxygen atoms in total. The van der Waals surface area contributed by atoms with E-state index < -0.39 is 7.82 Å². The van der Waals surface area contributed by atoms with Crippen LogP contribution in [0.15, 0.2) is 11.3 Å². The second kappa shape index (κ2) is 6.12. The number of rotatable bonds is 5. The van der Waals surface area contributed by atoms with Gasteiger partial charge in [-0.05, 0) is 6.92 Å². The molecule has 0 amide bonds. The Balaban J connectivity index is 3.09. The molecule has 0 aliphatic heterocycles. The van der Waals surface area contributed by atoms with Crippen molar-refractivity contribution in [2.45, 2.75) is 13.5 Å². The van der Waals surface area contributed by atoms with Crippen molar-refractivity contribution in [1.29, 1.82) is 0 Å². The Morgan fingerprint density at radius 1 is 1.53 bits per heavy atom. The number of aromatic nitrogens is 1. The van der Waals surface area contributed by atoms with Crippen LogP contribution in [0.25, 0.3) is 0 Å². The predicted molar refractivity (Wildman–Crippen MR) is 68.8 cm³/mol. The third-order valence-corrected chi connectivity index (χ3v) is 2.63. The Kier molecular flexibility index (Phi) is 5.02. The topological polar surface area (TPSA) is 115 Å². The zero-order valence-electron chi connectivity index (χ0n) is 10.8. The number of nitrogens with zero attached hydrogens (tertiary/aromatic N) is 3. The Morgan fingerprint density at radius 3 is 2.68 bits per heavy atom. The van der Waals surface area contributed by atoms with Gasteiger partial charge in [0.1, 0.15) is 5.75 Å². The molecule has 0 bridgehead atoms. The molecule has 0 saturated heterocycles. The first-order valence-corrected chi connectivity index (χ1v) is 6.82. The Morgan fingerprint density at radius 2 is 2.16 bits per heavy atom. The fraction of sp³-hybridized carbons (Fsp3) is 0.400. The lowest BCUT2D eigenvalue weighted by atomic mass is 10.1. The molecule has 0 radical (unpaired) electrons. The van der Waals surface area contributed by atoms with Crippen LogP contribution in [0.3, 0.4) is 0 Å². The van der Waals surface area contributed by atoms with Gasteiger partial charge in [0, 0.05) is 31.4 Å². The van der Waals surface area contributed by atoms with Crippen molar-refractivity contribution in [3.8, 4) is 5.75 Å². The van der Waals surface area contributed by atoms with Gasteiger partial charge in [-0.15, -0.1) is 0 Å². The maximum atomic E-state index is 10.7. The summed E-state index contributed by atoms with van der Waals surface area (Å²) in [5, 5.41) is 15.4. The summed E-state index contributed by atoms with van der Waals surface area (Å²) in [6, 6.07) is 0. The Hall–Kier alpha value is -1.47. The van der Waals surface area contributed by atoms with Crippen LogP contribution < -0.4 is 0 Å². The van der Waals surface area contributed by atoms with Gasteiger partial charge in [0.05, 0.1) is 18.5 Å². The molecular formula is C10H16N3O5P. The summed E-state index contributed by atoms with van der Waals surface area (Å²) in [6.45, 7) is 1.23. The molecule has 0 fully saturated rings. The Labute approximate surface area is 110 Å². The molecule has 0 aliphatic carbocycles. The smallest absolute Gasteiger partial charge is 0.469 e.